The third-order valence-corrected chi connectivity index (χ3v) is 6.33. The minimum absolute atomic E-state index is 0.0764. The first-order valence-electron chi connectivity index (χ1n) is 6.92. The van der Waals surface area contributed by atoms with E-state index < -0.39 is 9.84 Å². The second-order valence-corrected chi connectivity index (χ2v) is 7.54. The highest BCUT2D eigenvalue weighted by atomic mass is 32.2. The molecule has 22 heavy (non-hydrogen) atoms. The van der Waals surface area contributed by atoms with E-state index in [4.69, 9.17) is 0 Å². The molecule has 2 aromatic carbocycles. The Kier molecular flexibility index (Phi) is 3.96. The van der Waals surface area contributed by atoms with Gasteiger partial charge in [0, 0.05) is 0 Å². The molecule has 2 aromatic rings. The highest BCUT2D eigenvalue weighted by Gasteiger charge is 2.27. The van der Waals surface area contributed by atoms with Gasteiger partial charge >= 0.3 is 0 Å². The number of rotatable bonds is 2. The summed E-state index contributed by atoms with van der Waals surface area (Å²) in [5, 5.41) is 19.6. The number of aryl methyl sites for hydroxylation is 2. The summed E-state index contributed by atoms with van der Waals surface area (Å²) in [6.07, 6.45) is 0. The minimum atomic E-state index is -3.79. The molecule has 0 amide bonds. The third-order valence-electron chi connectivity index (χ3n) is 4.16. The Labute approximate surface area is 131 Å². The highest BCUT2D eigenvalue weighted by Crippen LogP contribution is 2.36. The van der Waals surface area contributed by atoms with Crippen molar-refractivity contribution < 1.29 is 18.6 Å². The van der Waals surface area contributed by atoms with Gasteiger partial charge < -0.3 is 10.2 Å². The predicted molar refractivity (Wildman–Crippen MR) is 85.4 cm³/mol. The van der Waals surface area contributed by atoms with Crippen LogP contribution in [0.2, 0.25) is 0 Å². The van der Waals surface area contributed by atoms with Gasteiger partial charge in [0.15, 0.2) is 0 Å². The van der Waals surface area contributed by atoms with Crippen molar-refractivity contribution in [3.05, 3.63) is 46.0 Å². The lowest BCUT2D eigenvalue weighted by atomic mass is 10.1. The van der Waals surface area contributed by atoms with Gasteiger partial charge in [0.05, 0.1) is 9.79 Å². The van der Waals surface area contributed by atoms with Crippen LogP contribution in [0.4, 0.5) is 0 Å². The van der Waals surface area contributed by atoms with Gasteiger partial charge in [-0.2, -0.15) is 0 Å². The topological polar surface area (TPSA) is 74.6 Å². The summed E-state index contributed by atoms with van der Waals surface area (Å²) in [5.41, 5.74) is 2.88. The Balaban J connectivity index is 2.86. The van der Waals surface area contributed by atoms with Crippen molar-refractivity contribution in [1.29, 1.82) is 0 Å². The average Bonchev–Trinajstić information content (AvgIpc) is 2.39. The van der Waals surface area contributed by atoms with Gasteiger partial charge in [0.1, 0.15) is 11.5 Å². The van der Waals surface area contributed by atoms with Crippen LogP contribution in [0.1, 0.15) is 27.8 Å². The molecule has 4 nitrogen and oxygen atoms in total. The first-order chi connectivity index (χ1) is 10.1. The van der Waals surface area contributed by atoms with Crippen molar-refractivity contribution in [1.82, 2.24) is 0 Å². The lowest BCUT2D eigenvalue weighted by molar-refractivity contribution is 0.468. The van der Waals surface area contributed by atoms with E-state index in [1.54, 1.807) is 34.6 Å². The zero-order chi connectivity index (χ0) is 16.8. The highest BCUT2D eigenvalue weighted by molar-refractivity contribution is 7.91. The number of sulfone groups is 1. The van der Waals surface area contributed by atoms with Crippen LogP contribution in [0, 0.1) is 34.6 Å². The molecule has 0 unspecified atom stereocenters. The Hall–Kier alpha value is -2.01. The van der Waals surface area contributed by atoms with Gasteiger partial charge in [-0.1, -0.05) is 0 Å². The fourth-order valence-electron chi connectivity index (χ4n) is 2.65. The van der Waals surface area contributed by atoms with Crippen molar-refractivity contribution in [3.63, 3.8) is 0 Å². The number of hydrogen-bond acceptors (Lipinski definition) is 4. The molecule has 0 bridgehead atoms. The van der Waals surface area contributed by atoms with Gasteiger partial charge in [-0.15, -0.1) is 0 Å². The lowest BCUT2D eigenvalue weighted by Crippen LogP contribution is -2.10. The molecule has 5 heteroatoms. The van der Waals surface area contributed by atoms with Crippen molar-refractivity contribution in [3.8, 4) is 11.5 Å². The fourth-order valence-corrected chi connectivity index (χ4v) is 4.75. The van der Waals surface area contributed by atoms with Crippen LogP contribution < -0.4 is 0 Å². The molecule has 0 aromatic heterocycles. The van der Waals surface area contributed by atoms with E-state index in [2.05, 4.69) is 0 Å². The molecule has 0 spiro atoms. The van der Waals surface area contributed by atoms with Crippen LogP contribution in [0.15, 0.2) is 28.0 Å². The van der Waals surface area contributed by atoms with E-state index in [1.165, 1.54) is 18.2 Å². The smallest absolute Gasteiger partial charge is 0.207 e. The van der Waals surface area contributed by atoms with E-state index in [0.717, 1.165) is 0 Å². The predicted octanol–water partition coefficient (Wildman–Crippen LogP) is 3.47. The monoisotopic (exact) mass is 320 g/mol. The average molecular weight is 320 g/mol. The lowest BCUT2D eigenvalue weighted by Gasteiger charge is -2.17. The molecule has 0 aliphatic rings. The molecule has 0 saturated carbocycles. The van der Waals surface area contributed by atoms with Crippen LogP contribution in [-0.2, 0) is 9.84 Å². The van der Waals surface area contributed by atoms with E-state index in [1.807, 2.05) is 0 Å². The Morgan fingerprint density at radius 2 is 1.36 bits per heavy atom. The Bertz CT molecular complexity index is 865. The van der Waals surface area contributed by atoms with Crippen molar-refractivity contribution >= 4 is 9.84 Å². The fraction of sp³-hybridized carbons (Fsp3) is 0.294. The van der Waals surface area contributed by atoms with Gasteiger partial charge in [-0.3, -0.25) is 0 Å². The number of phenolic OH excluding ortho intramolecular Hbond substituents is 2. The summed E-state index contributed by atoms with van der Waals surface area (Å²) in [5.74, 6) is 0.00485. The van der Waals surface area contributed by atoms with E-state index >= 15 is 0 Å². The number of aromatic hydroxyl groups is 2. The summed E-state index contributed by atoms with van der Waals surface area (Å²) >= 11 is 0. The molecule has 0 aliphatic heterocycles. The molecular weight excluding hydrogens is 300 g/mol. The van der Waals surface area contributed by atoms with Crippen molar-refractivity contribution in [2.75, 3.05) is 0 Å². The molecule has 2 N–H and O–H groups in total. The second-order valence-electron chi connectivity index (χ2n) is 5.68. The Morgan fingerprint density at radius 1 is 0.773 bits per heavy atom. The standard InChI is InChI=1S/C17H20O4S/c1-9-6-14(18)8-16(11(9)3)22(20,21)17-10(2)7-15(19)12(4)13(17)5/h6-8,18-19H,1-5H3. The molecular formula is C17H20O4S. The first kappa shape index (κ1) is 16.4. The van der Waals surface area contributed by atoms with Gasteiger partial charge in [0.25, 0.3) is 0 Å². The maximum Gasteiger partial charge on any atom is 0.207 e. The van der Waals surface area contributed by atoms with Crippen LogP contribution in [0.3, 0.4) is 0 Å². The van der Waals surface area contributed by atoms with Crippen molar-refractivity contribution in [2.24, 2.45) is 0 Å². The summed E-state index contributed by atoms with van der Waals surface area (Å²) in [7, 11) is -3.79. The van der Waals surface area contributed by atoms with Crippen LogP contribution in [0.25, 0.3) is 0 Å². The number of benzene rings is 2. The summed E-state index contributed by atoms with van der Waals surface area (Å²) in [6, 6.07) is 4.27. The zero-order valence-corrected chi connectivity index (χ0v) is 14.2. The molecule has 2 rings (SSSR count). The summed E-state index contributed by atoms with van der Waals surface area (Å²) in [4.78, 5) is 0.289. The normalized spacial score (nSPS) is 11.7. The third kappa shape index (κ3) is 2.46. The maximum absolute atomic E-state index is 13.1. The quantitative estimate of drug-likeness (QED) is 0.888. The van der Waals surface area contributed by atoms with Crippen LogP contribution >= 0.6 is 0 Å². The second kappa shape index (κ2) is 5.32. The number of hydrogen-bond donors (Lipinski definition) is 2. The Morgan fingerprint density at radius 3 is 1.95 bits per heavy atom. The maximum atomic E-state index is 13.1. The van der Waals surface area contributed by atoms with Gasteiger partial charge in [0.2, 0.25) is 9.84 Å². The molecule has 118 valence electrons. The van der Waals surface area contributed by atoms with Gasteiger partial charge in [-0.25, -0.2) is 8.42 Å². The first-order valence-corrected chi connectivity index (χ1v) is 8.40. The molecule has 0 aliphatic carbocycles. The van der Waals surface area contributed by atoms with Crippen molar-refractivity contribution in [2.45, 2.75) is 44.4 Å². The largest absolute Gasteiger partial charge is 0.508 e. The summed E-state index contributed by atoms with van der Waals surface area (Å²) < 4.78 is 26.1. The molecule has 0 radical (unpaired) electrons. The minimum Gasteiger partial charge on any atom is -0.508 e. The SMILES string of the molecule is Cc1cc(O)cc(S(=O)(=O)c2c(C)cc(O)c(C)c2C)c1C. The van der Waals surface area contributed by atoms with E-state index in [0.29, 0.717) is 27.8 Å². The van der Waals surface area contributed by atoms with Crippen LogP contribution in [-0.4, -0.2) is 18.6 Å². The van der Waals surface area contributed by atoms with Crippen LogP contribution in [0.5, 0.6) is 11.5 Å². The van der Waals surface area contributed by atoms with E-state index in [-0.39, 0.29) is 21.3 Å². The summed E-state index contributed by atoms with van der Waals surface area (Å²) in [6.45, 7) is 8.50. The molecule has 0 heterocycles. The van der Waals surface area contributed by atoms with Gasteiger partial charge in [-0.05, 0) is 80.6 Å². The molecule has 0 saturated heterocycles. The number of phenols is 2. The van der Waals surface area contributed by atoms with E-state index in [9.17, 15) is 18.6 Å². The molecule has 0 atom stereocenters. The molecule has 0 fully saturated rings. The zero-order valence-electron chi connectivity index (χ0n) is 13.4.